The van der Waals surface area contributed by atoms with Crippen molar-refractivity contribution in [1.29, 1.82) is 0 Å². The molecule has 10 nitrogen and oxygen atoms in total. The predicted molar refractivity (Wildman–Crippen MR) is 91.3 cm³/mol. The summed E-state index contributed by atoms with van der Waals surface area (Å²) in [6.45, 7) is 1.68. The molecule has 2 heterocycles. The first-order chi connectivity index (χ1) is 12.7. The standard InChI is InChI=1S/C15H18FN3O7S/c1-9(20)17-7-11-8-19(14(21)26-11)10-2-3-13(12(16)6-10)18-4-5-25-15(18)27(22,23)24/h2-3,6,11,15H,4-5,7-8H2,1H3,(H,17,20)(H,22,23,24)/t11-,15?/m0/s1. The maximum atomic E-state index is 14.6. The van der Waals surface area contributed by atoms with E-state index < -0.39 is 33.7 Å². The van der Waals surface area contributed by atoms with Crippen LogP contribution >= 0.6 is 0 Å². The molecule has 0 aromatic heterocycles. The number of rotatable bonds is 5. The van der Waals surface area contributed by atoms with E-state index in [1.54, 1.807) is 0 Å². The Labute approximate surface area is 154 Å². The molecule has 1 aromatic carbocycles. The normalized spacial score (nSPS) is 22.9. The third kappa shape index (κ3) is 4.12. The highest BCUT2D eigenvalue weighted by atomic mass is 32.2. The molecule has 27 heavy (non-hydrogen) atoms. The summed E-state index contributed by atoms with van der Waals surface area (Å²) in [7, 11) is -4.55. The Balaban J connectivity index is 1.77. The Kier molecular flexibility index (Phi) is 5.22. The van der Waals surface area contributed by atoms with E-state index in [4.69, 9.17) is 9.47 Å². The predicted octanol–water partition coefficient (Wildman–Crippen LogP) is 0.295. The molecule has 2 aliphatic rings. The third-order valence-corrected chi connectivity index (χ3v) is 5.01. The summed E-state index contributed by atoms with van der Waals surface area (Å²) in [5.74, 6) is -1.05. The van der Waals surface area contributed by atoms with Gasteiger partial charge < -0.3 is 19.7 Å². The van der Waals surface area contributed by atoms with E-state index in [-0.39, 0.29) is 43.5 Å². The van der Waals surface area contributed by atoms with Crippen molar-refractivity contribution in [3.05, 3.63) is 24.0 Å². The van der Waals surface area contributed by atoms with Gasteiger partial charge in [-0.2, -0.15) is 8.42 Å². The summed E-state index contributed by atoms with van der Waals surface area (Å²) < 4.78 is 56.6. The van der Waals surface area contributed by atoms with Crippen molar-refractivity contribution in [1.82, 2.24) is 5.32 Å². The molecule has 0 saturated carbocycles. The molecule has 2 fully saturated rings. The van der Waals surface area contributed by atoms with Gasteiger partial charge in [0.25, 0.3) is 5.56 Å². The molecule has 12 heteroatoms. The highest BCUT2D eigenvalue weighted by Crippen LogP contribution is 2.31. The Morgan fingerprint density at radius 1 is 1.44 bits per heavy atom. The topological polar surface area (TPSA) is 125 Å². The first-order valence-electron chi connectivity index (χ1n) is 8.03. The minimum Gasteiger partial charge on any atom is -0.442 e. The lowest BCUT2D eigenvalue weighted by molar-refractivity contribution is -0.119. The Morgan fingerprint density at radius 2 is 2.19 bits per heavy atom. The zero-order valence-electron chi connectivity index (χ0n) is 14.3. The summed E-state index contributed by atoms with van der Waals surface area (Å²) in [4.78, 5) is 25.2. The number of carbonyl (C=O) groups is 2. The largest absolute Gasteiger partial charge is 0.442 e. The number of cyclic esters (lactones) is 1. The van der Waals surface area contributed by atoms with Crippen LogP contribution in [0.3, 0.4) is 0 Å². The van der Waals surface area contributed by atoms with Gasteiger partial charge in [0.1, 0.15) is 11.9 Å². The van der Waals surface area contributed by atoms with Gasteiger partial charge >= 0.3 is 16.2 Å². The first-order valence-corrected chi connectivity index (χ1v) is 9.54. The van der Waals surface area contributed by atoms with Crippen LogP contribution in [0.2, 0.25) is 0 Å². The van der Waals surface area contributed by atoms with Gasteiger partial charge in [0.2, 0.25) is 5.91 Å². The van der Waals surface area contributed by atoms with Crippen molar-refractivity contribution in [2.75, 3.05) is 36.0 Å². The van der Waals surface area contributed by atoms with Crippen molar-refractivity contribution in [2.24, 2.45) is 0 Å². The number of halogens is 1. The van der Waals surface area contributed by atoms with Crippen LogP contribution in [0.1, 0.15) is 6.92 Å². The molecule has 0 aliphatic carbocycles. The van der Waals surface area contributed by atoms with E-state index in [9.17, 15) is 27.0 Å². The van der Waals surface area contributed by atoms with Crippen LogP contribution in [-0.2, 0) is 24.4 Å². The lowest BCUT2D eigenvalue weighted by Gasteiger charge is -2.24. The molecule has 3 rings (SSSR count). The van der Waals surface area contributed by atoms with E-state index in [1.807, 2.05) is 0 Å². The molecule has 0 spiro atoms. The molecule has 2 N–H and O–H groups in total. The Bertz CT molecular complexity index is 863. The molecule has 0 bridgehead atoms. The molecule has 1 unspecified atom stereocenters. The van der Waals surface area contributed by atoms with Crippen molar-refractivity contribution in [2.45, 2.75) is 18.6 Å². The first kappa shape index (κ1) is 19.3. The molecular weight excluding hydrogens is 385 g/mol. The lowest BCUT2D eigenvalue weighted by Crippen LogP contribution is -2.37. The van der Waals surface area contributed by atoms with Crippen LogP contribution in [0.5, 0.6) is 0 Å². The smallest absolute Gasteiger partial charge is 0.414 e. The molecular formula is C15H18FN3O7S. The lowest BCUT2D eigenvalue weighted by atomic mass is 10.2. The second-order valence-corrected chi connectivity index (χ2v) is 7.51. The van der Waals surface area contributed by atoms with Gasteiger partial charge in [-0.05, 0) is 18.2 Å². The quantitative estimate of drug-likeness (QED) is 0.672. The highest BCUT2D eigenvalue weighted by Gasteiger charge is 2.38. The van der Waals surface area contributed by atoms with Crippen LogP contribution < -0.4 is 15.1 Å². The number of nitrogens with zero attached hydrogens (tertiary/aromatic N) is 2. The third-order valence-electron chi connectivity index (χ3n) is 4.11. The fraction of sp³-hybridized carbons (Fsp3) is 0.467. The molecule has 2 aliphatic heterocycles. The van der Waals surface area contributed by atoms with E-state index >= 15 is 0 Å². The minimum absolute atomic E-state index is 0.00886. The fourth-order valence-corrected chi connectivity index (χ4v) is 3.73. The van der Waals surface area contributed by atoms with E-state index in [2.05, 4.69) is 5.32 Å². The summed E-state index contributed by atoms with van der Waals surface area (Å²) in [5, 5.41) is 2.54. The Hall–Kier alpha value is -2.44. The fourth-order valence-electron chi connectivity index (χ4n) is 2.92. The zero-order valence-corrected chi connectivity index (χ0v) is 15.1. The summed E-state index contributed by atoms with van der Waals surface area (Å²) in [5.41, 5.74) is -1.55. The van der Waals surface area contributed by atoms with Crippen LogP contribution in [0.4, 0.5) is 20.6 Å². The molecule has 2 atom stereocenters. The van der Waals surface area contributed by atoms with Gasteiger partial charge in [-0.15, -0.1) is 0 Å². The molecule has 0 radical (unpaired) electrons. The number of benzene rings is 1. The van der Waals surface area contributed by atoms with Crippen LogP contribution in [0, 0.1) is 5.82 Å². The van der Waals surface area contributed by atoms with Crippen LogP contribution in [0.15, 0.2) is 18.2 Å². The maximum Gasteiger partial charge on any atom is 0.414 e. The summed E-state index contributed by atoms with van der Waals surface area (Å²) in [6, 6.07) is 3.79. The number of anilines is 2. The van der Waals surface area contributed by atoms with Gasteiger partial charge in [-0.1, -0.05) is 0 Å². The maximum absolute atomic E-state index is 14.6. The molecule has 2 amide bonds. The number of carbonyl (C=O) groups excluding carboxylic acids is 2. The van der Waals surface area contributed by atoms with E-state index in [0.29, 0.717) is 0 Å². The number of nitrogens with one attached hydrogen (secondary N) is 1. The van der Waals surface area contributed by atoms with Crippen molar-refractivity contribution < 1.29 is 36.4 Å². The second kappa shape index (κ2) is 7.29. The average Bonchev–Trinajstić information content (AvgIpc) is 3.19. The van der Waals surface area contributed by atoms with Crippen LogP contribution in [0.25, 0.3) is 0 Å². The number of amides is 2. The number of hydrogen-bond donors (Lipinski definition) is 2. The van der Waals surface area contributed by atoms with Gasteiger partial charge in [0.15, 0.2) is 0 Å². The Morgan fingerprint density at radius 3 is 2.81 bits per heavy atom. The van der Waals surface area contributed by atoms with E-state index in [0.717, 1.165) is 11.0 Å². The highest BCUT2D eigenvalue weighted by molar-refractivity contribution is 7.86. The van der Waals surface area contributed by atoms with E-state index in [1.165, 1.54) is 24.0 Å². The van der Waals surface area contributed by atoms with Gasteiger partial charge in [-0.3, -0.25) is 14.2 Å². The SMILES string of the molecule is CC(=O)NC[C@H]1CN(c2ccc(N3CCOC3S(=O)(=O)O)c(F)c2)C(=O)O1. The summed E-state index contributed by atoms with van der Waals surface area (Å²) >= 11 is 0. The number of hydrogen-bond acceptors (Lipinski definition) is 7. The minimum atomic E-state index is -4.55. The van der Waals surface area contributed by atoms with Crippen molar-refractivity contribution >= 4 is 33.5 Å². The summed E-state index contributed by atoms with van der Waals surface area (Å²) in [6.07, 6.45) is -1.25. The van der Waals surface area contributed by atoms with Gasteiger partial charge in [0.05, 0.1) is 31.1 Å². The number of ether oxygens (including phenoxy) is 2. The second-order valence-electron chi connectivity index (χ2n) is 6.08. The van der Waals surface area contributed by atoms with Gasteiger partial charge in [0, 0.05) is 13.5 Å². The molecule has 2 saturated heterocycles. The van der Waals surface area contributed by atoms with Gasteiger partial charge in [-0.25, -0.2) is 9.18 Å². The van der Waals surface area contributed by atoms with Crippen molar-refractivity contribution in [3.8, 4) is 0 Å². The average molecular weight is 403 g/mol. The van der Waals surface area contributed by atoms with Crippen molar-refractivity contribution in [3.63, 3.8) is 0 Å². The zero-order chi connectivity index (χ0) is 19.8. The molecule has 148 valence electrons. The van der Waals surface area contributed by atoms with Crippen LogP contribution in [-0.4, -0.2) is 62.9 Å². The monoisotopic (exact) mass is 403 g/mol. The molecule has 1 aromatic rings.